The second-order valence-corrected chi connectivity index (χ2v) is 11.4. The highest BCUT2D eigenvalue weighted by Gasteiger charge is 2.28. The fraction of sp³-hybridized carbons (Fsp3) is 0.440. The Labute approximate surface area is 226 Å². The maximum absolute atomic E-state index is 13.2. The third-order valence-corrected chi connectivity index (χ3v) is 7.71. The van der Waals surface area contributed by atoms with Gasteiger partial charge in [0.1, 0.15) is 16.8 Å². The van der Waals surface area contributed by atoms with Crippen molar-refractivity contribution in [1.29, 1.82) is 0 Å². The lowest BCUT2D eigenvalue weighted by Crippen LogP contribution is -2.49. The highest BCUT2D eigenvalue weighted by molar-refractivity contribution is 7.89. The summed E-state index contributed by atoms with van der Waals surface area (Å²) < 4.78 is 40.6. The zero-order valence-electron chi connectivity index (χ0n) is 21.2. The minimum atomic E-state index is -3.97. The number of nitrogens with zero attached hydrogens (tertiary/aromatic N) is 2. The summed E-state index contributed by atoms with van der Waals surface area (Å²) in [6.45, 7) is 3.98. The standard InChI is InChI=1S/C25H32ClFN4O6S/c1-17(2)14-22(25(28)33)30(24(32)11-8-18-6-5-7-20(15-18)31(34)35)13-4-3-12-29-38(36,37)23-10-9-19(27)16-21(23)26/h5-7,9-10,15-17,22,29H,3-4,8,11-14H2,1-2H3,(H2,28,33)/t22-/m0/s1. The first-order valence-electron chi connectivity index (χ1n) is 12.1. The molecule has 0 aliphatic heterocycles. The van der Waals surface area contributed by atoms with E-state index in [2.05, 4.69) is 4.72 Å². The van der Waals surface area contributed by atoms with Gasteiger partial charge < -0.3 is 10.6 Å². The van der Waals surface area contributed by atoms with Gasteiger partial charge in [-0.1, -0.05) is 37.6 Å². The highest BCUT2D eigenvalue weighted by Crippen LogP contribution is 2.22. The van der Waals surface area contributed by atoms with Crippen LogP contribution in [-0.2, 0) is 26.0 Å². The van der Waals surface area contributed by atoms with Gasteiger partial charge in [0.25, 0.3) is 5.69 Å². The number of hydrogen-bond donors (Lipinski definition) is 2. The van der Waals surface area contributed by atoms with Crippen LogP contribution in [0.1, 0.15) is 45.1 Å². The minimum Gasteiger partial charge on any atom is -0.368 e. The molecule has 2 aromatic carbocycles. The molecule has 0 spiro atoms. The number of benzene rings is 2. The van der Waals surface area contributed by atoms with E-state index in [1.807, 2.05) is 13.8 Å². The van der Waals surface area contributed by atoms with Gasteiger partial charge >= 0.3 is 0 Å². The van der Waals surface area contributed by atoms with Crippen molar-refractivity contribution in [1.82, 2.24) is 9.62 Å². The summed E-state index contributed by atoms with van der Waals surface area (Å²) in [5.74, 6) is -1.56. The van der Waals surface area contributed by atoms with Crippen molar-refractivity contribution < 1.29 is 27.3 Å². The van der Waals surface area contributed by atoms with Crippen LogP contribution in [0.25, 0.3) is 0 Å². The second kappa shape index (κ2) is 14.2. The number of sulfonamides is 1. The maximum atomic E-state index is 13.2. The lowest BCUT2D eigenvalue weighted by molar-refractivity contribution is -0.384. The van der Waals surface area contributed by atoms with Crippen molar-refractivity contribution >= 4 is 39.1 Å². The van der Waals surface area contributed by atoms with Crippen LogP contribution < -0.4 is 10.5 Å². The number of carbonyl (C=O) groups excluding carboxylic acids is 2. The van der Waals surface area contributed by atoms with Crippen molar-refractivity contribution in [3.05, 3.63) is 69.0 Å². The summed E-state index contributed by atoms with van der Waals surface area (Å²) in [5.41, 5.74) is 6.16. The molecule has 0 aromatic heterocycles. The molecular formula is C25H32ClFN4O6S. The normalized spacial score (nSPS) is 12.3. The zero-order valence-corrected chi connectivity index (χ0v) is 22.8. The molecule has 38 heavy (non-hydrogen) atoms. The van der Waals surface area contributed by atoms with E-state index in [-0.39, 0.29) is 53.4 Å². The quantitative estimate of drug-likeness (QED) is 0.189. The van der Waals surface area contributed by atoms with Crippen LogP contribution in [0.2, 0.25) is 5.02 Å². The van der Waals surface area contributed by atoms with E-state index in [9.17, 15) is 32.5 Å². The number of carbonyl (C=O) groups is 2. The second-order valence-electron chi connectivity index (χ2n) is 9.24. The zero-order chi connectivity index (χ0) is 28.5. The van der Waals surface area contributed by atoms with E-state index in [1.54, 1.807) is 12.1 Å². The number of primary amides is 1. The molecule has 0 unspecified atom stereocenters. The van der Waals surface area contributed by atoms with E-state index in [0.29, 0.717) is 24.8 Å². The molecule has 0 heterocycles. The number of amides is 2. The maximum Gasteiger partial charge on any atom is 0.269 e. The molecule has 13 heteroatoms. The lowest BCUT2D eigenvalue weighted by Gasteiger charge is -2.31. The van der Waals surface area contributed by atoms with Crippen LogP contribution in [0.3, 0.4) is 0 Å². The Kier molecular flexibility index (Phi) is 11.6. The molecule has 0 saturated heterocycles. The molecule has 0 radical (unpaired) electrons. The molecule has 208 valence electrons. The Morgan fingerprint density at radius 3 is 2.50 bits per heavy atom. The molecule has 3 N–H and O–H groups in total. The Morgan fingerprint density at radius 2 is 1.89 bits per heavy atom. The van der Waals surface area contributed by atoms with Gasteiger partial charge in [0.05, 0.1) is 9.95 Å². The lowest BCUT2D eigenvalue weighted by atomic mass is 10.00. The molecule has 0 aliphatic carbocycles. The van der Waals surface area contributed by atoms with Crippen LogP contribution in [0, 0.1) is 21.8 Å². The first-order chi connectivity index (χ1) is 17.8. The van der Waals surface area contributed by atoms with E-state index >= 15 is 0 Å². The first-order valence-corrected chi connectivity index (χ1v) is 13.9. The Balaban J connectivity index is 2.04. The molecular weight excluding hydrogens is 539 g/mol. The number of nitrogens with two attached hydrogens (primary N) is 1. The molecule has 2 rings (SSSR count). The average molecular weight is 571 g/mol. The summed E-state index contributed by atoms with van der Waals surface area (Å²) in [6, 6.07) is 8.12. The van der Waals surface area contributed by atoms with Crippen molar-refractivity contribution in [2.24, 2.45) is 11.7 Å². The fourth-order valence-electron chi connectivity index (χ4n) is 3.90. The van der Waals surface area contributed by atoms with E-state index < -0.39 is 32.7 Å². The van der Waals surface area contributed by atoms with Crippen molar-refractivity contribution in [3.8, 4) is 0 Å². The van der Waals surface area contributed by atoms with Gasteiger partial charge in [0.15, 0.2) is 0 Å². The number of hydrogen-bond acceptors (Lipinski definition) is 6. The van der Waals surface area contributed by atoms with Crippen LogP contribution in [-0.4, -0.2) is 49.2 Å². The smallest absolute Gasteiger partial charge is 0.269 e. The van der Waals surface area contributed by atoms with E-state index in [4.69, 9.17) is 17.3 Å². The van der Waals surface area contributed by atoms with Crippen LogP contribution in [0.15, 0.2) is 47.4 Å². The molecule has 0 saturated carbocycles. The predicted octanol–water partition coefficient (Wildman–Crippen LogP) is 3.81. The van der Waals surface area contributed by atoms with Gasteiger partial charge in [-0.2, -0.15) is 0 Å². The number of rotatable bonds is 15. The van der Waals surface area contributed by atoms with Gasteiger partial charge in [-0.25, -0.2) is 17.5 Å². The van der Waals surface area contributed by atoms with Gasteiger partial charge in [0.2, 0.25) is 21.8 Å². The summed E-state index contributed by atoms with van der Waals surface area (Å²) in [6.07, 6.45) is 1.30. The van der Waals surface area contributed by atoms with Crippen LogP contribution >= 0.6 is 11.6 Å². The number of unbranched alkanes of at least 4 members (excludes halogenated alkanes) is 1. The summed E-state index contributed by atoms with van der Waals surface area (Å²) in [4.78, 5) is 37.1. The van der Waals surface area contributed by atoms with Gasteiger partial charge in [-0.3, -0.25) is 19.7 Å². The van der Waals surface area contributed by atoms with Crippen molar-refractivity contribution in [2.45, 2.75) is 56.9 Å². The number of nitro groups is 1. The summed E-state index contributed by atoms with van der Waals surface area (Å²) in [7, 11) is -3.97. The molecule has 0 fully saturated rings. The number of non-ortho nitro benzene ring substituents is 1. The first kappa shape index (κ1) is 31.1. The van der Waals surface area contributed by atoms with E-state index in [0.717, 1.165) is 18.2 Å². The number of nitrogens with one attached hydrogen (secondary N) is 1. The Hall–Kier alpha value is -3.09. The molecule has 0 aliphatic rings. The minimum absolute atomic E-state index is 0.0126. The molecule has 0 bridgehead atoms. The Bertz CT molecular complexity index is 1260. The van der Waals surface area contributed by atoms with Gasteiger partial charge in [0, 0.05) is 31.6 Å². The predicted molar refractivity (Wildman–Crippen MR) is 141 cm³/mol. The monoisotopic (exact) mass is 570 g/mol. The SMILES string of the molecule is CC(C)C[C@@H](C(N)=O)N(CCCCNS(=O)(=O)c1ccc(F)cc1Cl)C(=O)CCc1cccc([N+](=O)[O-])c1. The summed E-state index contributed by atoms with van der Waals surface area (Å²) in [5, 5.41) is 10.8. The molecule has 10 nitrogen and oxygen atoms in total. The summed E-state index contributed by atoms with van der Waals surface area (Å²) >= 11 is 5.85. The van der Waals surface area contributed by atoms with Crippen LogP contribution in [0.5, 0.6) is 0 Å². The van der Waals surface area contributed by atoms with E-state index in [1.165, 1.54) is 17.0 Å². The molecule has 1 atom stereocenters. The van der Waals surface area contributed by atoms with Crippen molar-refractivity contribution in [3.63, 3.8) is 0 Å². The Morgan fingerprint density at radius 1 is 1.18 bits per heavy atom. The molecule has 2 amide bonds. The van der Waals surface area contributed by atoms with Crippen molar-refractivity contribution in [2.75, 3.05) is 13.1 Å². The van der Waals surface area contributed by atoms with Gasteiger partial charge in [-0.15, -0.1) is 0 Å². The largest absolute Gasteiger partial charge is 0.368 e. The molecule has 2 aromatic rings. The third-order valence-electron chi connectivity index (χ3n) is 5.77. The van der Waals surface area contributed by atoms with Gasteiger partial charge in [-0.05, 0) is 55.4 Å². The highest BCUT2D eigenvalue weighted by atomic mass is 35.5. The van der Waals surface area contributed by atoms with Crippen LogP contribution in [0.4, 0.5) is 10.1 Å². The fourth-order valence-corrected chi connectivity index (χ4v) is 5.51. The number of halogens is 2. The number of nitro benzene ring substituents is 1. The third kappa shape index (κ3) is 9.34. The topological polar surface area (TPSA) is 153 Å². The number of aryl methyl sites for hydroxylation is 1. The average Bonchev–Trinajstić information content (AvgIpc) is 2.83.